The molecule has 1 aliphatic rings. The Morgan fingerprint density at radius 1 is 1.19 bits per heavy atom. The van der Waals surface area contributed by atoms with Crippen LogP contribution in [0.25, 0.3) is 0 Å². The Kier molecular flexibility index (Phi) is 4.08. The second-order valence-corrected chi connectivity index (χ2v) is 6.93. The van der Waals surface area contributed by atoms with Crippen molar-refractivity contribution in [2.75, 3.05) is 7.05 Å². The fourth-order valence-electron chi connectivity index (χ4n) is 2.49. The van der Waals surface area contributed by atoms with Crippen molar-refractivity contribution >= 4 is 11.9 Å². The third-order valence-corrected chi connectivity index (χ3v) is 4.04. The first kappa shape index (κ1) is 15.5. The number of carboxylic acids is 1. The van der Waals surface area contributed by atoms with Gasteiger partial charge in [0, 0.05) is 13.6 Å². The number of rotatable bonds is 4. The van der Waals surface area contributed by atoms with Crippen LogP contribution in [0.4, 0.5) is 0 Å². The Morgan fingerprint density at radius 2 is 1.76 bits per heavy atom. The van der Waals surface area contributed by atoms with Gasteiger partial charge in [0.2, 0.25) is 5.91 Å². The number of amides is 1. The van der Waals surface area contributed by atoms with Crippen molar-refractivity contribution in [1.29, 1.82) is 0 Å². The van der Waals surface area contributed by atoms with Crippen LogP contribution < -0.4 is 0 Å². The molecule has 1 saturated carbocycles. The maximum atomic E-state index is 12.1. The molecule has 1 aliphatic carbocycles. The molecule has 4 nitrogen and oxygen atoms in total. The molecule has 1 aromatic carbocycles. The Bertz CT molecular complexity index is 542. The van der Waals surface area contributed by atoms with Crippen molar-refractivity contribution in [3.8, 4) is 0 Å². The highest BCUT2D eigenvalue weighted by Crippen LogP contribution is 2.40. The van der Waals surface area contributed by atoms with Gasteiger partial charge in [-0.2, -0.15) is 0 Å². The summed E-state index contributed by atoms with van der Waals surface area (Å²) in [6.45, 7) is 7.01. The first-order valence-corrected chi connectivity index (χ1v) is 7.27. The second-order valence-electron chi connectivity index (χ2n) is 6.93. The van der Waals surface area contributed by atoms with E-state index in [2.05, 4.69) is 32.9 Å². The van der Waals surface area contributed by atoms with Crippen LogP contribution in [0.1, 0.15) is 38.3 Å². The normalized spacial score (nSPS) is 21.0. The van der Waals surface area contributed by atoms with Crippen LogP contribution in [0.15, 0.2) is 24.3 Å². The Labute approximate surface area is 125 Å². The molecule has 0 unspecified atom stereocenters. The van der Waals surface area contributed by atoms with Crippen molar-refractivity contribution in [2.24, 2.45) is 11.8 Å². The minimum atomic E-state index is -0.865. The number of nitrogens with zero attached hydrogens (tertiary/aromatic N) is 1. The van der Waals surface area contributed by atoms with Crippen LogP contribution in [-0.2, 0) is 21.5 Å². The maximum absolute atomic E-state index is 12.1. The van der Waals surface area contributed by atoms with E-state index in [1.165, 1.54) is 5.56 Å². The van der Waals surface area contributed by atoms with E-state index in [1.807, 2.05) is 12.1 Å². The first-order chi connectivity index (χ1) is 9.70. The number of hydrogen-bond acceptors (Lipinski definition) is 2. The van der Waals surface area contributed by atoms with E-state index in [0.29, 0.717) is 13.0 Å². The standard InChI is InChI=1S/C17H23NO3/c1-17(2,3)12-7-5-11(6-8-12)10-18(4)15(19)13-9-14(13)16(20)21/h5-8,13-14H,9-10H2,1-4H3,(H,20,21)/t13-,14+/m1/s1. The molecule has 0 aliphatic heterocycles. The molecule has 2 rings (SSSR count). The van der Waals surface area contributed by atoms with E-state index >= 15 is 0 Å². The van der Waals surface area contributed by atoms with E-state index in [4.69, 9.17) is 5.11 Å². The van der Waals surface area contributed by atoms with Crippen LogP contribution in [-0.4, -0.2) is 28.9 Å². The molecule has 1 N–H and O–H groups in total. The molecule has 0 heterocycles. The van der Waals surface area contributed by atoms with Crippen molar-refractivity contribution < 1.29 is 14.7 Å². The monoisotopic (exact) mass is 289 g/mol. The van der Waals surface area contributed by atoms with Crippen LogP contribution in [0.5, 0.6) is 0 Å². The van der Waals surface area contributed by atoms with Crippen molar-refractivity contribution in [1.82, 2.24) is 4.90 Å². The minimum absolute atomic E-state index is 0.0673. The summed E-state index contributed by atoms with van der Waals surface area (Å²) in [6.07, 6.45) is 0.474. The van der Waals surface area contributed by atoms with E-state index < -0.39 is 11.9 Å². The Hall–Kier alpha value is -1.84. The summed E-state index contributed by atoms with van der Waals surface area (Å²) in [5.41, 5.74) is 2.43. The Balaban J connectivity index is 1.95. The van der Waals surface area contributed by atoms with Gasteiger partial charge in [-0.3, -0.25) is 9.59 Å². The number of carbonyl (C=O) groups is 2. The number of aliphatic carboxylic acids is 1. The van der Waals surface area contributed by atoms with Crippen LogP contribution >= 0.6 is 0 Å². The van der Waals surface area contributed by atoms with Crippen LogP contribution in [0.2, 0.25) is 0 Å². The lowest BCUT2D eigenvalue weighted by atomic mass is 9.87. The lowest BCUT2D eigenvalue weighted by molar-refractivity contribution is -0.141. The third-order valence-electron chi connectivity index (χ3n) is 4.04. The molecule has 0 saturated heterocycles. The van der Waals surface area contributed by atoms with Gasteiger partial charge in [0.1, 0.15) is 0 Å². The highest BCUT2D eigenvalue weighted by atomic mass is 16.4. The molecule has 0 radical (unpaired) electrons. The number of carbonyl (C=O) groups excluding carboxylic acids is 1. The molecule has 114 valence electrons. The number of carboxylic acid groups (broad SMARTS) is 1. The summed E-state index contributed by atoms with van der Waals surface area (Å²) in [4.78, 5) is 24.6. The molecule has 1 fully saturated rings. The number of hydrogen-bond donors (Lipinski definition) is 1. The van der Waals surface area contributed by atoms with Crippen molar-refractivity contribution in [2.45, 2.75) is 39.2 Å². The van der Waals surface area contributed by atoms with Crippen LogP contribution in [0.3, 0.4) is 0 Å². The molecule has 0 spiro atoms. The van der Waals surface area contributed by atoms with Gasteiger partial charge < -0.3 is 10.0 Å². The van der Waals surface area contributed by atoms with Gasteiger partial charge >= 0.3 is 5.97 Å². The summed E-state index contributed by atoms with van der Waals surface area (Å²) < 4.78 is 0. The number of benzene rings is 1. The van der Waals surface area contributed by atoms with Crippen molar-refractivity contribution in [3.63, 3.8) is 0 Å². The largest absolute Gasteiger partial charge is 0.481 e. The zero-order chi connectivity index (χ0) is 15.8. The second kappa shape index (κ2) is 5.51. The van der Waals surface area contributed by atoms with E-state index in [9.17, 15) is 9.59 Å². The minimum Gasteiger partial charge on any atom is -0.481 e. The molecular formula is C17H23NO3. The predicted molar refractivity (Wildman–Crippen MR) is 80.8 cm³/mol. The smallest absolute Gasteiger partial charge is 0.307 e. The average Bonchev–Trinajstić information content (AvgIpc) is 3.17. The third kappa shape index (κ3) is 3.63. The molecule has 4 heteroatoms. The molecular weight excluding hydrogens is 266 g/mol. The highest BCUT2D eigenvalue weighted by Gasteiger charge is 2.49. The summed E-state index contributed by atoms with van der Waals surface area (Å²) >= 11 is 0. The lowest BCUT2D eigenvalue weighted by Crippen LogP contribution is -2.28. The molecule has 1 amide bonds. The fourth-order valence-corrected chi connectivity index (χ4v) is 2.49. The molecule has 0 aromatic heterocycles. The topological polar surface area (TPSA) is 57.6 Å². The molecule has 0 bridgehead atoms. The van der Waals surface area contributed by atoms with Gasteiger partial charge in [-0.1, -0.05) is 45.0 Å². The quantitative estimate of drug-likeness (QED) is 0.927. The van der Waals surface area contributed by atoms with Gasteiger partial charge in [0.15, 0.2) is 0 Å². The molecule has 21 heavy (non-hydrogen) atoms. The van der Waals surface area contributed by atoms with Crippen LogP contribution in [0, 0.1) is 11.8 Å². The lowest BCUT2D eigenvalue weighted by Gasteiger charge is -2.21. The van der Waals surface area contributed by atoms with Gasteiger partial charge in [0.25, 0.3) is 0 Å². The predicted octanol–water partition coefficient (Wildman–Crippen LogP) is 2.66. The fraction of sp³-hybridized carbons (Fsp3) is 0.529. The summed E-state index contributed by atoms with van der Waals surface area (Å²) in [5, 5.41) is 8.88. The summed E-state index contributed by atoms with van der Waals surface area (Å²) in [5.74, 6) is -1.75. The van der Waals surface area contributed by atoms with Gasteiger partial charge in [0.05, 0.1) is 11.8 Å². The maximum Gasteiger partial charge on any atom is 0.307 e. The van der Waals surface area contributed by atoms with Gasteiger partial charge in [-0.15, -0.1) is 0 Å². The average molecular weight is 289 g/mol. The van der Waals surface area contributed by atoms with Gasteiger partial charge in [-0.05, 0) is 23.0 Å². The van der Waals surface area contributed by atoms with E-state index in [1.54, 1.807) is 11.9 Å². The van der Waals surface area contributed by atoms with Crippen molar-refractivity contribution in [3.05, 3.63) is 35.4 Å². The first-order valence-electron chi connectivity index (χ1n) is 7.27. The van der Waals surface area contributed by atoms with Gasteiger partial charge in [-0.25, -0.2) is 0 Å². The van der Waals surface area contributed by atoms with E-state index in [0.717, 1.165) is 5.56 Å². The molecule has 2 atom stereocenters. The Morgan fingerprint density at radius 3 is 2.19 bits per heavy atom. The SMILES string of the molecule is CN(Cc1ccc(C(C)(C)C)cc1)C(=O)[C@@H]1C[C@@H]1C(=O)O. The highest BCUT2D eigenvalue weighted by molar-refractivity contribution is 5.89. The molecule has 1 aromatic rings. The summed E-state index contributed by atoms with van der Waals surface area (Å²) in [7, 11) is 1.73. The van der Waals surface area contributed by atoms with E-state index in [-0.39, 0.29) is 17.2 Å². The summed E-state index contributed by atoms with van der Waals surface area (Å²) in [6, 6.07) is 8.24. The zero-order valence-corrected chi connectivity index (χ0v) is 13.1. The zero-order valence-electron chi connectivity index (χ0n) is 13.1.